The number of nitrogen functional groups attached to an aromatic ring is 1. The first-order chi connectivity index (χ1) is 60.4. The molecule has 751 valence electrons. The molecule has 9 rings (SSSR count). The zero-order chi connectivity index (χ0) is 103. The number of hydrogen-bond donors (Lipinski definition) is 6. The van der Waals surface area contributed by atoms with Crippen LogP contribution in [0.15, 0.2) is 143 Å². The summed E-state index contributed by atoms with van der Waals surface area (Å²) in [7, 11) is 5.02. The SMILES string of the molecule is C.CC(C)(C)c1ccc(O)c(C(C)(C)C)c1.CI.CI.COC(=O)Oc1cc(N)c(C(C)(C)C)cc1C(C)(C)C.COC(=O)Oc1cc(NC(=O)c2c[nH]c3ccccc3c2=O)c(C(C)(C)C)cc1C(C)(C)C.COC(=O)Oc1cc([N+](=O)[O-])c(C(C)(C)C)cc1C(C)(C)C.COC(=O)Oc1ccc(C(C)(C)C)cc1C(C)(C)C.ICI.II.O=C(O)c1c[nH]c2ccccc2c1=O.[CH3-].[V]. The van der Waals surface area contributed by atoms with Gasteiger partial charge in [0.05, 0.1) is 41.9 Å². The quantitative estimate of drug-likeness (QED) is 0.00947. The molecule has 0 aliphatic carbocycles. The molecule has 135 heavy (non-hydrogen) atoms. The molecule has 0 spiro atoms. The predicted molar refractivity (Wildman–Crippen MR) is 602 cm³/mol. The van der Waals surface area contributed by atoms with Crippen LogP contribution in [0.3, 0.4) is 0 Å². The van der Waals surface area contributed by atoms with E-state index in [-0.39, 0.29) is 116 Å². The van der Waals surface area contributed by atoms with Gasteiger partial charge in [-0.3, -0.25) is 24.5 Å². The van der Waals surface area contributed by atoms with Gasteiger partial charge in [-0.2, -0.15) is 0 Å². The molecule has 0 aliphatic rings. The van der Waals surface area contributed by atoms with Gasteiger partial charge >= 0.3 is 30.6 Å². The minimum absolute atomic E-state index is 0. The molecule has 0 bridgehead atoms. The van der Waals surface area contributed by atoms with Crippen molar-refractivity contribution in [3.8, 4) is 28.7 Å². The Morgan fingerprint density at radius 3 is 1.03 bits per heavy atom. The van der Waals surface area contributed by atoms with Crippen molar-refractivity contribution < 1.29 is 100 Å². The Kier molecular flexibility index (Phi) is 57.9. The number of anilines is 2. The van der Waals surface area contributed by atoms with E-state index in [0.717, 1.165) is 33.4 Å². The summed E-state index contributed by atoms with van der Waals surface area (Å²) in [5, 5.41) is 33.6. The Morgan fingerprint density at radius 2 is 0.696 bits per heavy atom. The maximum Gasteiger partial charge on any atom is 0.513 e. The normalized spacial score (nSPS) is 11.1. The van der Waals surface area contributed by atoms with E-state index < -0.39 is 52.3 Å². The number of hydrogen-bond acceptors (Lipinski definition) is 20. The van der Waals surface area contributed by atoms with Crippen molar-refractivity contribution in [2.45, 2.75) is 269 Å². The summed E-state index contributed by atoms with van der Waals surface area (Å²) in [6.07, 6.45) is -0.554. The van der Waals surface area contributed by atoms with Gasteiger partial charge in [-0.25, -0.2) is 24.0 Å². The molecular formula is C103H146I6N5O20V-. The van der Waals surface area contributed by atoms with Crippen molar-refractivity contribution in [3.05, 3.63) is 238 Å². The number of ether oxygens (including phenoxy) is 8. The van der Waals surface area contributed by atoms with Crippen LogP contribution in [0.2, 0.25) is 0 Å². The van der Waals surface area contributed by atoms with Gasteiger partial charge in [0.1, 0.15) is 39.9 Å². The number of amides is 1. The van der Waals surface area contributed by atoms with E-state index in [4.69, 9.17) is 29.8 Å². The number of aromatic nitrogens is 2. The number of nitro groups is 1. The number of halogens is 6. The fourth-order valence-corrected chi connectivity index (χ4v) is 12.5. The molecule has 2 aromatic heterocycles. The predicted octanol–water partition coefficient (Wildman–Crippen LogP) is 30.3. The van der Waals surface area contributed by atoms with Gasteiger partial charge in [-0.1, -0.05) is 354 Å². The third-order valence-electron chi connectivity index (χ3n) is 19.5. The number of para-hydroxylation sites is 2. The number of methoxy groups -OCH3 is 4. The van der Waals surface area contributed by atoms with Crippen LogP contribution in [0.1, 0.15) is 291 Å². The number of fused-ring (bicyclic) bond motifs is 2. The Morgan fingerprint density at radius 1 is 0.407 bits per heavy atom. The third-order valence-corrected chi connectivity index (χ3v) is 19.5. The van der Waals surface area contributed by atoms with Gasteiger partial charge in [0.2, 0.25) is 10.9 Å². The summed E-state index contributed by atoms with van der Waals surface area (Å²) in [5.41, 5.74) is 15.1. The Bertz CT molecular complexity index is 5490. The first kappa shape index (κ1) is 134. The number of aromatic hydroxyl groups is 1. The second kappa shape index (κ2) is 58.2. The molecule has 9 aromatic rings. The minimum Gasteiger partial charge on any atom is -0.508 e. The molecule has 1 radical (unpaired) electrons. The van der Waals surface area contributed by atoms with Crippen molar-refractivity contribution in [1.82, 2.24) is 9.97 Å². The van der Waals surface area contributed by atoms with E-state index >= 15 is 0 Å². The van der Waals surface area contributed by atoms with Crippen LogP contribution in [-0.2, 0) is 91.7 Å². The number of nitrogens with one attached hydrogen (secondary N) is 3. The topological polar surface area (TPSA) is 364 Å². The number of carbonyl (C=O) groups is 6. The number of aromatic carboxylic acids is 1. The zero-order valence-corrected chi connectivity index (χ0v) is 99.2. The summed E-state index contributed by atoms with van der Waals surface area (Å²) < 4.78 is 40.5. The number of aromatic amines is 2. The van der Waals surface area contributed by atoms with Crippen molar-refractivity contribution in [2.75, 3.05) is 51.8 Å². The smallest absolute Gasteiger partial charge is 0.508 e. The number of carboxylic acids is 1. The van der Waals surface area contributed by atoms with E-state index in [1.807, 2.05) is 129 Å². The van der Waals surface area contributed by atoms with Gasteiger partial charge in [-0.05, 0) is 146 Å². The summed E-state index contributed by atoms with van der Waals surface area (Å²) in [6, 6.07) is 36.0. The standard InChI is InChI=1S/C26H30N2O5.C16H23NO5.C16H25NO3.C16H24O3.C14H22O.C10H7NO3.CH2I2.2CH3I.CH4.CH3.I2.V/c1-25(2,3)17-12-18(26(4,5)6)21(33-24(31)32-7)13-20(17)28-23(30)16-14-27-19-11-9-8-10-15(19)22(16)29;1-15(2,3)10-8-11(16(4,5)6)13(22-14(18)21-7)9-12(10)17(19)20;1-15(2,3)10-8-11(16(4,5)6)13(9-12(10)17)20-14(18)19-7;1-15(2,3)11-8-9-13(19-14(17)18-7)12(10-11)16(4,5)6;1-13(2,3)10-7-8-12(15)11(9-10)14(4,5)6;12-9-6-3-1-2-4-8(6)11-5-7(9)10(13)14;2-1-3;2*1-2;;;1-2;/h8-14H,1-7H3,(H,27,29)(H,28,30);8-9H,1-7H3;8-9H,17H2,1-7H3;8-10H,1-7H3;7-9,15H,1-6H3;1-5H,(H,11,12)(H,13,14);1H2;2*1H3;1H4;1H3;;/q;;;;;;;;;;-1;;. The maximum absolute atomic E-state index is 13.2. The van der Waals surface area contributed by atoms with E-state index in [1.165, 1.54) is 60.5 Å². The number of nitro benzene ring substituents is 1. The Hall–Kier alpha value is -7.06. The number of pyridine rings is 2. The molecule has 2 heterocycles. The van der Waals surface area contributed by atoms with Crippen molar-refractivity contribution in [2.24, 2.45) is 0 Å². The first-order valence-corrected chi connectivity index (χ1v) is 55.4. The number of carbonyl (C=O) groups excluding carboxylic acids is 5. The molecule has 7 N–H and O–H groups in total. The van der Waals surface area contributed by atoms with Crippen LogP contribution in [0.25, 0.3) is 21.8 Å². The largest absolute Gasteiger partial charge is 0.513 e. The van der Waals surface area contributed by atoms with E-state index in [1.54, 1.807) is 66.7 Å². The van der Waals surface area contributed by atoms with E-state index in [0.29, 0.717) is 61.6 Å². The fourth-order valence-electron chi connectivity index (χ4n) is 12.5. The van der Waals surface area contributed by atoms with Gasteiger partial charge in [0.25, 0.3) is 11.6 Å². The number of carboxylic acid groups (broad SMARTS) is 1. The van der Waals surface area contributed by atoms with Crippen LogP contribution in [-0.4, -0.2) is 102 Å². The van der Waals surface area contributed by atoms with Crippen molar-refractivity contribution in [3.63, 3.8) is 0 Å². The van der Waals surface area contributed by atoms with E-state index in [9.17, 15) is 53.6 Å². The second-order valence-electron chi connectivity index (χ2n) is 40.1. The average Bonchev–Trinajstić information content (AvgIpc) is 0.797. The maximum atomic E-state index is 13.2. The summed E-state index contributed by atoms with van der Waals surface area (Å²) in [5.74, 6) is 0.0823. The second-order valence-corrected chi connectivity index (χ2v) is 44.6. The van der Waals surface area contributed by atoms with E-state index in [2.05, 4.69) is 299 Å². The number of nitrogens with zero attached hydrogens (tertiary/aromatic N) is 1. The molecule has 0 saturated heterocycles. The Balaban J connectivity index is -0.000000761. The minimum atomic E-state index is -1.21. The third kappa shape index (κ3) is 42.9. The molecule has 25 nitrogen and oxygen atoms in total. The first-order valence-electron chi connectivity index (χ1n) is 41.7. The number of benzene rings is 7. The van der Waals surface area contributed by atoms with Gasteiger partial charge in [-0.15, -0.1) is 0 Å². The summed E-state index contributed by atoms with van der Waals surface area (Å²) >= 11 is 13.1. The zero-order valence-electron chi connectivity index (χ0n) is 84.9. The van der Waals surface area contributed by atoms with Gasteiger partial charge < -0.3 is 76.6 Å². The molecule has 0 atom stereocenters. The van der Waals surface area contributed by atoms with Gasteiger partial charge in [0.15, 0.2) is 0 Å². The molecule has 0 aliphatic heterocycles. The van der Waals surface area contributed by atoms with Crippen molar-refractivity contribution >= 4 is 203 Å². The summed E-state index contributed by atoms with van der Waals surface area (Å²) in [4.78, 5) is 115. The number of alkyl halides is 4. The number of H-pyrrole nitrogens is 2. The molecular weight excluding hydrogens is 2440 g/mol. The molecule has 32 heteroatoms. The van der Waals surface area contributed by atoms with Crippen LogP contribution < -0.4 is 40.9 Å². The van der Waals surface area contributed by atoms with Gasteiger partial charge in [0, 0.05) is 141 Å². The number of phenols is 1. The van der Waals surface area contributed by atoms with Crippen LogP contribution in [0, 0.1) is 17.5 Å². The fraction of sp³-hybridized carbons (Fsp3) is 0.466. The number of nitrogens with two attached hydrogens (primary N) is 1. The molecule has 0 unspecified atom stereocenters. The van der Waals surface area contributed by atoms with Crippen LogP contribution in [0.5, 0.6) is 28.7 Å². The van der Waals surface area contributed by atoms with Crippen molar-refractivity contribution in [1.29, 1.82) is 0 Å². The monoisotopic (exact) mass is 2590 g/mol. The molecule has 0 fully saturated rings. The van der Waals surface area contributed by atoms with Crippen LogP contribution >= 0.6 is 128 Å². The number of rotatable bonds is 8. The molecule has 1 amide bonds. The number of phenolic OH excluding ortho intramolecular Hbond substituents is 1. The average molecular weight is 2590 g/mol. The van der Waals surface area contributed by atoms with Crippen LogP contribution in [0.4, 0.5) is 36.2 Å². The Labute approximate surface area is 892 Å². The molecule has 0 saturated carbocycles. The summed E-state index contributed by atoms with van der Waals surface area (Å²) in [6.45, 7) is 61.8. The molecule has 7 aromatic carbocycles.